The lowest BCUT2D eigenvalue weighted by atomic mass is 9.82. The van der Waals surface area contributed by atoms with E-state index in [1.165, 1.54) is 120 Å². The molecule has 0 N–H and O–H groups in total. The number of benzene rings is 12. The molecule has 12 aromatic carbocycles. The van der Waals surface area contributed by atoms with Crippen molar-refractivity contribution in [2.24, 2.45) is 0 Å². The van der Waals surface area contributed by atoms with Crippen LogP contribution in [0, 0.1) is 0 Å². The van der Waals surface area contributed by atoms with Gasteiger partial charge in [-0.2, -0.15) is 0 Å². The van der Waals surface area contributed by atoms with Crippen LogP contribution < -0.4 is 0 Å². The summed E-state index contributed by atoms with van der Waals surface area (Å²) >= 11 is 0. The van der Waals surface area contributed by atoms with Crippen molar-refractivity contribution in [1.82, 2.24) is 0 Å². The molecule has 268 valence electrons. The van der Waals surface area contributed by atoms with E-state index in [2.05, 4.69) is 218 Å². The minimum atomic E-state index is 1.22. The zero-order valence-corrected chi connectivity index (χ0v) is 31.8. The summed E-state index contributed by atoms with van der Waals surface area (Å²) in [6.07, 6.45) is 0. The molecule has 0 saturated carbocycles. The Kier molecular flexibility index (Phi) is 7.33. The minimum absolute atomic E-state index is 1.22. The van der Waals surface area contributed by atoms with Crippen molar-refractivity contribution in [3.05, 3.63) is 218 Å². The molecule has 0 atom stereocenters. The molecule has 0 bridgehead atoms. The van der Waals surface area contributed by atoms with E-state index >= 15 is 0 Å². The molecular formula is C58H36. The molecule has 0 heteroatoms. The Morgan fingerprint density at radius 1 is 0.172 bits per heavy atom. The average Bonchev–Trinajstić information content (AvgIpc) is 3.29. The van der Waals surface area contributed by atoms with Crippen molar-refractivity contribution in [1.29, 1.82) is 0 Å². The van der Waals surface area contributed by atoms with Gasteiger partial charge in [0.25, 0.3) is 0 Å². The average molecular weight is 733 g/mol. The molecule has 0 saturated heterocycles. The largest absolute Gasteiger partial charge is 0.0616 e. The molecule has 0 fully saturated rings. The molecule has 12 aromatic rings. The fourth-order valence-electron chi connectivity index (χ4n) is 9.97. The number of hydrogen-bond acceptors (Lipinski definition) is 0. The van der Waals surface area contributed by atoms with Crippen LogP contribution in [0.4, 0.5) is 0 Å². The Morgan fingerprint density at radius 3 is 0.828 bits per heavy atom. The van der Waals surface area contributed by atoms with Crippen molar-refractivity contribution in [2.75, 3.05) is 0 Å². The molecule has 0 unspecified atom stereocenters. The summed E-state index contributed by atoms with van der Waals surface area (Å²) in [4.78, 5) is 0. The van der Waals surface area contributed by atoms with E-state index in [1.807, 2.05) is 0 Å². The summed E-state index contributed by atoms with van der Waals surface area (Å²) < 4.78 is 0. The highest BCUT2D eigenvalue weighted by atomic mass is 14.2. The fraction of sp³-hybridized carbons (Fsp3) is 0. The summed E-state index contributed by atoms with van der Waals surface area (Å²) in [6, 6.07) is 80.9. The summed E-state index contributed by atoms with van der Waals surface area (Å²) in [5.41, 5.74) is 10.1. The molecule has 0 radical (unpaired) electrons. The summed E-state index contributed by atoms with van der Waals surface area (Å²) in [5, 5.41) is 17.6. The SMILES string of the molecule is c1ccc2c(-c3c4ccccc4c(-c4ccc5cccc(-c6c7ccccc7c(-c7cccc8ccccc78)c7ccccc67)c5c4)c4ccccc34)cccc2c1. The number of hydrogen-bond donors (Lipinski definition) is 0. The lowest BCUT2D eigenvalue weighted by molar-refractivity contribution is 1.67. The fourth-order valence-corrected chi connectivity index (χ4v) is 9.97. The van der Waals surface area contributed by atoms with E-state index in [1.54, 1.807) is 0 Å². The van der Waals surface area contributed by atoms with Crippen LogP contribution in [0.5, 0.6) is 0 Å². The van der Waals surface area contributed by atoms with Gasteiger partial charge in [-0.1, -0.05) is 212 Å². The summed E-state index contributed by atoms with van der Waals surface area (Å²) in [7, 11) is 0. The van der Waals surface area contributed by atoms with E-state index in [4.69, 9.17) is 0 Å². The van der Waals surface area contributed by atoms with Gasteiger partial charge in [0.2, 0.25) is 0 Å². The van der Waals surface area contributed by atoms with E-state index in [-0.39, 0.29) is 0 Å². The van der Waals surface area contributed by atoms with Crippen LogP contribution in [0.25, 0.3) is 120 Å². The zero-order valence-electron chi connectivity index (χ0n) is 31.8. The molecule has 0 spiro atoms. The maximum absolute atomic E-state index is 2.46. The second kappa shape index (κ2) is 13.0. The first-order chi connectivity index (χ1) is 28.8. The van der Waals surface area contributed by atoms with Crippen LogP contribution in [0.3, 0.4) is 0 Å². The van der Waals surface area contributed by atoms with E-state index in [0.29, 0.717) is 0 Å². The highest BCUT2D eigenvalue weighted by Gasteiger charge is 2.21. The van der Waals surface area contributed by atoms with Crippen molar-refractivity contribution < 1.29 is 0 Å². The lowest BCUT2D eigenvalue weighted by Crippen LogP contribution is -1.93. The van der Waals surface area contributed by atoms with E-state index < -0.39 is 0 Å². The number of rotatable bonds is 4. The third kappa shape index (κ3) is 4.89. The normalized spacial score (nSPS) is 11.8. The smallest absolute Gasteiger partial charge is 0.00201 e. The topological polar surface area (TPSA) is 0 Å². The maximum Gasteiger partial charge on any atom is -0.00201 e. The van der Waals surface area contributed by atoms with Crippen LogP contribution in [0.15, 0.2) is 218 Å². The Morgan fingerprint density at radius 2 is 0.448 bits per heavy atom. The Balaban J connectivity index is 1.15. The van der Waals surface area contributed by atoms with Gasteiger partial charge >= 0.3 is 0 Å². The Labute approximate surface area is 336 Å². The van der Waals surface area contributed by atoms with Gasteiger partial charge < -0.3 is 0 Å². The van der Waals surface area contributed by atoms with Crippen molar-refractivity contribution in [3.63, 3.8) is 0 Å². The second-order valence-electron chi connectivity index (χ2n) is 15.5. The molecule has 58 heavy (non-hydrogen) atoms. The maximum atomic E-state index is 2.46. The molecule has 0 nitrogen and oxygen atoms in total. The first-order valence-corrected chi connectivity index (χ1v) is 20.2. The molecule has 0 aliphatic rings. The van der Waals surface area contributed by atoms with Gasteiger partial charge in [-0.15, -0.1) is 0 Å². The van der Waals surface area contributed by atoms with Crippen LogP contribution in [0.2, 0.25) is 0 Å². The highest BCUT2D eigenvalue weighted by Crippen LogP contribution is 2.49. The third-order valence-corrected chi connectivity index (χ3v) is 12.4. The summed E-state index contributed by atoms with van der Waals surface area (Å²) in [6.45, 7) is 0. The van der Waals surface area contributed by atoms with E-state index in [0.717, 1.165) is 0 Å². The van der Waals surface area contributed by atoms with Gasteiger partial charge in [0, 0.05) is 0 Å². The first kappa shape index (κ1) is 32.7. The van der Waals surface area contributed by atoms with Crippen molar-refractivity contribution >= 4 is 75.4 Å². The van der Waals surface area contributed by atoms with Gasteiger partial charge in [-0.05, 0) is 126 Å². The standard InChI is InChI=1S/C58H36/c1-3-21-41-37(16-1)18-13-31-43(41)56-47-25-7-5-23-45(47)55(46-24-6-8-26-48(46)56)40-35-34-39-20-15-33-53(54(39)36-40)58-51-29-11-9-27-49(51)57(50-28-10-12-30-52(50)58)44-32-14-19-38-17-2-4-22-42(38)44/h1-36H. The van der Waals surface area contributed by atoms with Gasteiger partial charge in [0.05, 0.1) is 0 Å². The quantitative estimate of drug-likeness (QED) is 0.158. The van der Waals surface area contributed by atoms with Crippen molar-refractivity contribution in [3.8, 4) is 44.5 Å². The van der Waals surface area contributed by atoms with Gasteiger partial charge in [-0.3, -0.25) is 0 Å². The molecule has 0 aliphatic carbocycles. The van der Waals surface area contributed by atoms with Crippen LogP contribution in [-0.4, -0.2) is 0 Å². The highest BCUT2D eigenvalue weighted by molar-refractivity contribution is 6.27. The first-order valence-electron chi connectivity index (χ1n) is 20.2. The molecule has 0 amide bonds. The van der Waals surface area contributed by atoms with Gasteiger partial charge in [0.15, 0.2) is 0 Å². The molecule has 0 aromatic heterocycles. The number of fused-ring (bicyclic) bond motifs is 7. The molecule has 12 rings (SSSR count). The van der Waals surface area contributed by atoms with Crippen molar-refractivity contribution in [2.45, 2.75) is 0 Å². The van der Waals surface area contributed by atoms with Crippen LogP contribution in [-0.2, 0) is 0 Å². The lowest BCUT2D eigenvalue weighted by Gasteiger charge is -2.21. The van der Waals surface area contributed by atoms with Crippen LogP contribution in [0.1, 0.15) is 0 Å². The molecular weight excluding hydrogens is 697 g/mol. The van der Waals surface area contributed by atoms with Gasteiger partial charge in [0.1, 0.15) is 0 Å². The Hall–Kier alpha value is -7.54. The van der Waals surface area contributed by atoms with Gasteiger partial charge in [-0.25, -0.2) is 0 Å². The van der Waals surface area contributed by atoms with Crippen LogP contribution >= 0.6 is 0 Å². The Bertz CT molecular complexity index is 3500. The minimum Gasteiger partial charge on any atom is -0.0616 e. The third-order valence-electron chi connectivity index (χ3n) is 12.4. The zero-order chi connectivity index (χ0) is 38.2. The second-order valence-corrected chi connectivity index (χ2v) is 15.5. The van der Waals surface area contributed by atoms with E-state index in [9.17, 15) is 0 Å². The molecule has 0 heterocycles. The predicted octanol–water partition coefficient (Wildman–Crippen LogP) is 16.4. The molecule has 0 aliphatic heterocycles. The monoisotopic (exact) mass is 732 g/mol. The summed E-state index contributed by atoms with van der Waals surface area (Å²) in [5.74, 6) is 0. The predicted molar refractivity (Wildman–Crippen MR) is 251 cm³/mol.